The van der Waals surface area contributed by atoms with Crippen molar-refractivity contribution < 1.29 is 23.7 Å². The smallest absolute Gasteiger partial charge is 0.330 e. The molecule has 3 aromatic rings. The van der Waals surface area contributed by atoms with Crippen LogP contribution in [0.3, 0.4) is 0 Å². The molecule has 216 valence electrons. The van der Waals surface area contributed by atoms with Crippen LogP contribution in [-0.2, 0) is 18.6 Å². The predicted molar refractivity (Wildman–Crippen MR) is 156 cm³/mol. The number of rotatable bonds is 11. The number of H-pyrrole nitrogens is 1. The van der Waals surface area contributed by atoms with E-state index in [0.29, 0.717) is 12.2 Å². The largest absolute Gasteiger partial charge is 0.405 e. The number of hydrogen-bond donors (Lipinski definition) is 2. The first-order chi connectivity index (χ1) is 19.1. The SMILES string of the molecule is COCCO[C@@H]1[C@H](CO)[C@@H](CO[Si](c2ccccc2)(c2ccccc2)C(C)(C)C)O[C@H]1n1cc(C)c(=O)[nH]c1=O. The van der Waals surface area contributed by atoms with Gasteiger partial charge in [0.15, 0.2) is 6.23 Å². The van der Waals surface area contributed by atoms with Gasteiger partial charge in [-0.3, -0.25) is 14.3 Å². The van der Waals surface area contributed by atoms with Gasteiger partial charge < -0.3 is 23.7 Å². The van der Waals surface area contributed by atoms with Crippen molar-refractivity contribution in [2.75, 3.05) is 33.5 Å². The Morgan fingerprint density at radius 1 is 1.00 bits per heavy atom. The van der Waals surface area contributed by atoms with Crippen molar-refractivity contribution >= 4 is 18.7 Å². The van der Waals surface area contributed by atoms with E-state index in [-0.39, 0.29) is 24.9 Å². The summed E-state index contributed by atoms with van der Waals surface area (Å²) in [5.74, 6) is -0.487. The van der Waals surface area contributed by atoms with Crippen LogP contribution < -0.4 is 21.6 Å². The fourth-order valence-electron chi connectivity index (χ4n) is 5.61. The van der Waals surface area contributed by atoms with Gasteiger partial charge in [-0.25, -0.2) is 4.79 Å². The minimum absolute atomic E-state index is 0.177. The molecular weight excluding hydrogens is 528 g/mol. The van der Waals surface area contributed by atoms with E-state index in [1.54, 1.807) is 14.0 Å². The summed E-state index contributed by atoms with van der Waals surface area (Å²) in [4.78, 5) is 27.2. The number of nitrogens with zero attached hydrogens (tertiary/aromatic N) is 1. The molecule has 2 heterocycles. The number of aromatic nitrogens is 2. The average molecular weight is 569 g/mol. The summed E-state index contributed by atoms with van der Waals surface area (Å²) in [7, 11) is -1.30. The number of aliphatic hydroxyl groups excluding tert-OH is 1. The molecule has 2 N–H and O–H groups in total. The maximum Gasteiger partial charge on any atom is 0.330 e. The Morgan fingerprint density at radius 3 is 2.12 bits per heavy atom. The lowest BCUT2D eigenvalue weighted by Crippen LogP contribution is -2.67. The van der Waals surface area contributed by atoms with Crippen LogP contribution in [-0.4, -0.2) is 68.7 Å². The molecule has 1 fully saturated rings. The molecule has 2 aromatic carbocycles. The van der Waals surface area contributed by atoms with Gasteiger partial charge >= 0.3 is 5.69 Å². The molecule has 40 heavy (non-hydrogen) atoms. The van der Waals surface area contributed by atoms with Gasteiger partial charge in [-0.15, -0.1) is 0 Å². The number of aliphatic hydroxyl groups is 1. The zero-order valence-corrected chi connectivity index (χ0v) is 24.8. The van der Waals surface area contributed by atoms with Gasteiger partial charge in [0.25, 0.3) is 13.9 Å². The highest BCUT2D eigenvalue weighted by Crippen LogP contribution is 2.40. The van der Waals surface area contributed by atoms with E-state index in [2.05, 4.69) is 50.0 Å². The van der Waals surface area contributed by atoms with Gasteiger partial charge in [0.2, 0.25) is 0 Å². The number of ether oxygens (including phenoxy) is 3. The van der Waals surface area contributed by atoms with Crippen LogP contribution in [0.2, 0.25) is 5.04 Å². The van der Waals surface area contributed by atoms with Gasteiger partial charge in [-0.2, -0.15) is 0 Å². The van der Waals surface area contributed by atoms with E-state index < -0.39 is 43.9 Å². The molecule has 0 spiro atoms. The Bertz CT molecular complexity index is 1310. The fourth-order valence-corrected chi connectivity index (χ4v) is 10.2. The number of methoxy groups -OCH3 is 1. The normalized spacial score (nSPS) is 21.6. The second-order valence-electron chi connectivity index (χ2n) is 11.2. The minimum atomic E-state index is -2.88. The third kappa shape index (κ3) is 5.92. The Hall–Kier alpha value is -2.86. The van der Waals surface area contributed by atoms with Gasteiger partial charge in [0.05, 0.1) is 32.5 Å². The Balaban J connectivity index is 1.74. The van der Waals surface area contributed by atoms with Crippen LogP contribution in [0.4, 0.5) is 0 Å². The standard InChI is InChI=1S/C30H40N2O7Si/c1-21-18-32(29(35)31-27(21)34)28-26(37-17-16-36-5)24(19-33)25(39-28)20-38-40(30(2,3)4,22-12-8-6-9-13-22)23-14-10-7-11-15-23/h6-15,18,24-26,28,33H,16-17,19-20H2,1-5H3,(H,31,34,35)/t24-,25-,26-,28-/m1/s1. The van der Waals surface area contributed by atoms with Crippen LogP contribution in [0.15, 0.2) is 76.4 Å². The molecule has 4 atom stereocenters. The molecule has 1 aromatic heterocycles. The lowest BCUT2D eigenvalue weighted by Gasteiger charge is -2.43. The van der Waals surface area contributed by atoms with E-state index in [9.17, 15) is 14.7 Å². The highest BCUT2D eigenvalue weighted by Gasteiger charge is 2.53. The second kappa shape index (κ2) is 12.8. The van der Waals surface area contributed by atoms with E-state index in [1.165, 1.54) is 10.8 Å². The molecule has 9 nitrogen and oxygen atoms in total. The molecule has 0 amide bonds. The Labute approximate surface area is 235 Å². The first kappa shape index (κ1) is 30.1. The second-order valence-corrected chi connectivity index (χ2v) is 15.5. The summed E-state index contributed by atoms with van der Waals surface area (Å²) in [6.07, 6.45) is -0.651. The van der Waals surface area contributed by atoms with Crippen molar-refractivity contribution in [2.45, 2.75) is 51.2 Å². The first-order valence-corrected chi connectivity index (χ1v) is 15.5. The van der Waals surface area contributed by atoms with E-state index in [1.807, 2.05) is 36.4 Å². The average Bonchev–Trinajstić information content (AvgIpc) is 3.28. The van der Waals surface area contributed by atoms with Crippen molar-refractivity contribution in [2.24, 2.45) is 5.92 Å². The van der Waals surface area contributed by atoms with Crippen molar-refractivity contribution in [1.82, 2.24) is 9.55 Å². The monoisotopic (exact) mass is 568 g/mol. The molecule has 0 unspecified atom stereocenters. The predicted octanol–water partition coefficient (Wildman–Crippen LogP) is 1.96. The fraction of sp³-hybridized carbons (Fsp3) is 0.467. The summed E-state index contributed by atoms with van der Waals surface area (Å²) in [5.41, 5.74) is -0.695. The van der Waals surface area contributed by atoms with E-state index in [4.69, 9.17) is 18.6 Å². The number of nitrogens with one attached hydrogen (secondary N) is 1. The summed E-state index contributed by atoms with van der Waals surface area (Å²) < 4.78 is 26.2. The zero-order chi connectivity index (χ0) is 28.9. The third-order valence-electron chi connectivity index (χ3n) is 7.60. The van der Waals surface area contributed by atoms with Crippen molar-refractivity contribution in [1.29, 1.82) is 0 Å². The number of aryl methyl sites for hydroxylation is 1. The third-order valence-corrected chi connectivity index (χ3v) is 12.6. The summed E-state index contributed by atoms with van der Waals surface area (Å²) in [5, 5.41) is 12.6. The summed E-state index contributed by atoms with van der Waals surface area (Å²) in [6.45, 7) is 8.73. The van der Waals surface area contributed by atoms with Crippen molar-refractivity contribution in [3.63, 3.8) is 0 Å². The molecule has 1 aliphatic heterocycles. The molecule has 1 saturated heterocycles. The van der Waals surface area contributed by atoms with Gasteiger partial charge in [-0.1, -0.05) is 81.4 Å². The Morgan fingerprint density at radius 2 is 1.60 bits per heavy atom. The maximum absolute atomic E-state index is 12.8. The van der Waals surface area contributed by atoms with Crippen molar-refractivity contribution in [3.05, 3.63) is 93.3 Å². The van der Waals surface area contributed by atoms with Gasteiger partial charge in [0, 0.05) is 24.8 Å². The van der Waals surface area contributed by atoms with E-state index >= 15 is 0 Å². The van der Waals surface area contributed by atoms with Crippen molar-refractivity contribution in [3.8, 4) is 0 Å². The Kier molecular flexibility index (Phi) is 9.60. The molecular formula is C30H40N2O7Si. The van der Waals surface area contributed by atoms with Gasteiger partial charge in [0.1, 0.15) is 6.10 Å². The van der Waals surface area contributed by atoms with Crippen LogP contribution >= 0.6 is 0 Å². The quantitative estimate of drug-likeness (QED) is 0.269. The maximum atomic E-state index is 12.8. The molecule has 1 aliphatic rings. The number of hydrogen-bond acceptors (Lipinski definition) is 7. The first-order valence-electron chi connectivity index (χ1n) is 13.6. The highest BCUT2D eigenvalue weighted by molar-refractivity contribution is 6.99. The lowest BCUT2D eigenvalue weighted by atomic mass is 9.99. The van der Waals surface area contributed by atoms with Crippen LogP contribution in [0.25, 0.3) is 0 Å². The molecule has 10 heteroatoms. The lowest BCUT2D eigenvalue weighted by molar-refractivity contribution is -0.0794. The molecule has 0 saturated carbocycles. The topological polar surface area (TPSA) is 112 Å². The summed E-state index contributed by atoms with van der Waals surface area (Å²) in [6, 6.07) is 20.6. The summed E-state index contributed by atoms with van der Waals surface area (Å²) >= 11 is 0. The number of aromatic amines is 1. The molecule has 4 rings (SSSR count). The highest BCUT2D eigenvalue weighted by atomic mass is 28.4. The van der Waals surface area contributed by atoms with E-state index in [0.717, 1.165) is 10.4 Å². The van der Waals surface area contributed by atoms with Crippen LogP contribution in [0, 0.1) is 12.8 Å². The minimum Gasteiger partial charge on any atom is -0.405 e. The van der Waals surface area contributed by atoms with Crippen LogP contribution in [0.5, 0.6) is 0 Å². The molecule has 0 bridgehead atoms. The van der Waals surface area contributed by atoms with Crippen LogP contribution in [0.1, 0.15) is 32.6 Å². The molecule has 0 radical (unpaired) electrons. The molecule has 0 aliphatic carbocycles. The number of benzene rings is 2. The zero-order valence-electron chi connectivity index (χ0n) is 23.8. The van der Waals surface area contributed by atoms with Gasteiger partial charge in [-0.05, 0) is 22.3 Å².